The molecule has 29 heavy (non-hydrogen) atoms. The third-order valence-electron chi connectivity index (χ3n) is 4.26. The van der Waals surface area contributed by atoms with Crippen LogP contribution in [-0.2, 0) is 17.6 Å². The van der Waals surface area contributed by atoms with E-state index in [0.717, 1.165) is 16.5 Å². The van der Waals surface area contributed by atoms with Gasteiger partial charge in [-0.3, -0.25) is 9.59 Å². The smallest absolute Gasteiger partial charge is 0.230 e. The van der Waals surface area contributed by atoms with E-state index in [-0.39, 0.29) is 18.1 Å². The highest BCUT2D eigenvalue weighted by molar-refractivity contribution is 8.01. The largest absolute Gasteiger partial charge is 0.497 e. The Labute approximate surface area is 178 Å². The predicted octanol–water partition coefficient (Wildman–Crippen LogP) is 4.87. The number of thioether (sulfide) groups is 1. The van der Waals surface area contributed by atoms with Gasteiger partial charge < -0.3 is 10.1 Å². The fourth-order valence-corrected chi connectivity index (χ4v) is 4.36. The third-order valence-corrected chi connectivity index (χ3v) is 6.33. The van der Waals surface area contributed by atoms with Crippen LogP contribution in [0, 0.1) is 0 Å². The van der Waals surface area contributed by atoms with Gasteiger partial charge in [0.2, 0.25) is 5.91 Å². The van der Waals surface area contributed by atoms with E-state index in [4.69, 9.17) is 4.74 Å². The monoisotopic (exact) mass is 426 g/mol. The Morgan fingerprint density at radius 3 is 2.48 bits per heavy atom. The summed E-state index contributed by atoms with van der Waals surface area (Å²) >= 11 is 2.85. The summed E-state index contributed by atoms with van der Waals surface area (Å²) in [5.74, 6) is 1.01. The Morgan fingerprint density at radius 1 is 1.10 bits per heavy atom. The van der Waals surface area contributed by atoms with Gasteiger partial charge in [-0.25, -0.2) is 4.98 Å². The van der Waals surface area contributed by atoms with Gasteiger partial charge in [-0.15, -0.1) is 11.3 Å². The zero-order valence-electron chi connectivity index (χ0n) is 16.3. The van der Waals surface area contributed by atoms with Crippen LogP contribution in [-0.4, -0.2) is 29.5 Å². The summed E-state index contributed by atoms with van der Waals surface area (Å²) < 4.78 is 5.89. The molecule has 0 fully saturated rings. The standard InChI is InChI=1S/C22H22N2O3S2/c1-3-15-4-6-16(7-5-15)20(25)14-29-22-24-18(13-28-22)12-21(26)23-17-8-10-19(27-2)11-9-17/h4-11,13H,3,12,14H2,1-2H3,(H,23,26). The molecule has 0 aliphatic rings. The van der Waals surface area contributed by atoms with Crippen molar-refractivity contribution in [2.45, 2.75) is 24.1 Å². The lowest BCUT2D eigenvalue weighted by Gasteiger charge is -2.05. The summed E-state index contributed by atoms with van der Waals surface area (Å²) in [6.07, 6.45) is 1.15. The Morgan fingerprint density at radius 2 is 1.83 bits per heavy atom. The topological polar surface area (TPSA) is 68.3 Å². The molecule has 0 spiro atoms. The number of rotatable bonds is 9. The number of methoxy groups -OCH3 is 1. The lowest BCUT2D eigenvalue weighted by Crippen LogP contribution is -2.14. The molecule has 2 aromatic carbocycles. The quantitative estimate of drug-likeness (QED) is 0.390. The number of nitrogens with one attached hydrogen (secondary N) is 1. The summed E-state index contributed by atoms with van der Waals surface area (Å²) in [6, 6.07) is 14.9. The molecule has 150 valence electrons. The van der Waals surface area contributed by atoms with Crippen molar-refractivity contribution in [3.8, 4) is 5.75 Å². The van der Waals surface area contributed by atoms with Crippen LogP contribution in [0.2, 0.25) is 0 Å². The van der Waals surface area contributed by atoms with E-state index in [1.54, 1.807) is 31.4 Å². The van der Waals surface area contributed by atoms with Gasteiger partial charge in [0.25, 0.3) is 0 Å². The van der Waals surface area contributed by atoms with Gasteiger partial charge >= 0.3 is 0 Å². The average molecular weight is 427 g/mol. The van der Waals surface area contributed by atoms with Crippen LogP contribution >= 0.6 is 23.1 Å². The van der Waals surface area contributed by atoms with Crippen molar-refractivity contribution in [1.29, 1.82) is 0 Å². The van der Waals surface area contributed by atoms with Crippen LogP contribution in [0.1, 0.15) is 28.5 Å². The third kappa shape index (κ3) is 6.17. The van der Waals surface area contributed by atoms with Crippen molar-refractivity contribution < 1.29 is 14.3 Å². The van der Waals surface area contributed by atoms with Gasteiger partial charge in [0.05, 0.1) is 25.0 Å². The van der Waals surface area contributed by atoms with Gasteiger partial charge in [0, 0.05) is 16.6 Å². The Bertz CT molecular complexity index is 966. The number of carbonyl (C=O) groups excluding carboxylic acids is 2. The summed E-state index contributed by atoms with van der Waals surface area (Å²) in [5, 5.41) is 4.70. The minimum Gasteiger partial charge on any atom is -0.497 e. The Balaban J connectivity index is 1.49. The molecular weight excluding hydrogens is 404 g/mol. The number of thiazole rings is 1. The van der Waals surface area contributed by atoms with Crippen molar-refractivity contribution in [2.75, 3.05) is 18.2 Å². The van der Waals surface area contributed by atoms with Gasteiger partial charge in [-0.05, 0) is 36.2 Å². The van der Waals surface area contributed by atoms with Crippen LogP contribution in [0.5, 0.6) is 5.75 Å². The predicted molar refractivity (Wildman–Crippen MR) is 118 cm³/mol. The van der Waals surface area contributed by atoms with Crippen LogP contribution in [0.3, 0.4) is 0 Å². The molecule has 0 atom stereocenters. The molecule has 0 saturated heterocycles. The first-order valence-corrected chi connectivity index (χ1v) is 11.1. The first-order valence-electron chi connectivity index (χ1n) is 9.20. The van der Waals surface area contributed by atoms with Gasteiger partial charge in [0.1, 0.15) is 5.75 Å². The minimum atomic E-state index is -0.135. The lowest BCUT2D eigenvalue weighted by molar-refractivity contribution is -0.115. The highest BCUT2D eigenvalue weighted by Crippen LogP contribution is 2.24. The molecular formula is C22H22N2O3S2. The number of hydrogen-bond donors (Lipinski definition) is 1. The first kappa shape index (κ1) is 21.1. The number of Topliss-reactive ketones (excluding diaryl/α,β-unsaturated/α-hetero) is 1. The van der Waals surface area contributed by atoms with E-state index < -0.39 is 0 Å². The molecule has 0 aliphatic heterocycles. The van der Waals surface area contributed by atoms with Gasteiger partial charge in [-0.2, -0.15) is 0 Å². The van der Waals surface area contributed by atoms with Crippen molar-refractivity contribution in [2.24, 2.45) is 0 Å². The van der Waals surface area contributed by atoms with E-state index in [1.165, 1.54) is 28.7 Å². The fraction of sp³-hybridized carbons (Fsp3) is 0.227. The number of amides is 1. The molecule has 0 unspecified atom stereocenters. The van der Waals surface area contributed by atoms with Crippen LogP contribution in [0.25, 0.3) is 0 Å². The fourth-order valence-electron chi connectivity index (χ4n) is 2.62. The number of aromatic nitrogens is 1. The number of nitrogens with zero attached hydrogens (tertiary/aromatic N) is 1. The summed E-state index contributed by atoms with van der Waals surface area (Å²) in [7, 11) is 1.60. The van der Waals surface area contributed by atoms with Crippen LogP contribution in [0.15, 0.2) is 58.3 Å². The molecule has 1 amide bonds. The molecule has 0 aliphatic carbocycles. The van der Waals surface area contributed by atoms with Crippen LogP contribution in [0.4, 0.5) is 5.69 Å². The second-order valence-electron chi connectivity index (χ2n) is 6.32. The van der Waals surface area contributed by atoms with Crippen molar-refractivity contribution in [1.82, 2.24) is 4.98 Å². The molecule has 3 rings (SSSR count). The lowest BCUT2D eigenvalue weighted by atomic mass is 10.1. The highest BCUT2D eigenvalue weighted by atomic mass is 32.2. The zero-order chi connectivity index (χ0) is 20.6. The summed E-state index contributed by atoms with van der Waals surface area (Å²) in [4.78, 5) is 29.0. The Hall–Kier alpha value is -2.64. The second-order valence-corrected chi connectivity index (χ2v) is 8.40. The number of ether oxygens (including phenoxy) is 1. The number of aryl methyl sites for hydroxylation is 1. The maximum atomic E-state index is 12.3. The number of hydrogen-bond acceptors (Lipinski definition) is 6. The van der Waals surface area contributed by atoms with Crippen molar-refractivity contribution in [3.05, 3.63) is 70.7 Å². The number of anilines is 1. The molecule has 1 N–H and O–H groups in total. The van der Waals surface area contributed by atoms with E-state index in [2.05, 4.69) is 17.2 Å². The SMILES string of the molecule is CCc1ccc(C(=O)CSc2nc(CC(=O)Nc3ccc(OC)cc3)cs2)cc1. The first-order chi connectivity index (χ1) is 14.1. The Kier molecular flexibility index (Phi) is 7.43. The molecule has 3 aromatic rings. The number of carbonyl (C=O) groups is 2. The van der Waals surface area contributed by atoms with Crippen LogP contribution < -0.4 is 10.1 Å². The molecule has 1 aromatic heterocycles. The van der Waals surface area contributed by atoms with Crippen molar-refractivity contribution >= 4 is 40.5 Å². The maximum absolute atomic E-state index is 12.3. The summed E-state index contributed by atoms with van der Waals surface area (Å²) in [5.41, 5.74) is 3.33. The minimum absolute atomic E-state index is 0.0756. The number of ketones is 1. The molecule has 7 heteroatoms. The summed E-state index contributed by atoms with van der Waals surface area (Å²) in [6.45, 7) is 2.09. The zero-order valence-corrected chi connectivity index (χ0v) is 17.9. The van der Waals surface area contributed by atoms with Gasteiger partial charge in [-0.1, -0.05) is 43.0 Å². The van der Waals surface area contributed by atoms with E-state index in [0.29, 0.717) is 22.7 Å². The average Bonchev–Trinajstić information content (AvgIpc) is 3.19. The molecule has 5 nitrogen and oxygen atoms in total. The van der Waals surface area contributed by atoms with E-state index in [1.807, 2.05) is 29.6 Å². The second kappa shape index (κ2) is 10.2. The molecule has 0 bridgehead atoms. The molecule has 0 saturated carbocycles. The van der Waals surface area contributed by atoms with Gasteiger partial charge in [0.15, 0.2) is 10.1 Å². The normalized spacial score (nSPS) is 10.6. The maximum Gasteiger partial charge on any atom is 0.230 e. The van der Waals surface area contributed by atoms with Crippen molar-refractivity contribution in [3.63, 3.8) is 0 Å². The van der Waals surface area contributed by atoms with E-state index in [9.17, 15) is 9.59 Å². The molecule has 1 heterocycles. The number of benzene rings is 2. The highest BCUT2D eigenvalue weighted by Gasteiger charge is 2.11. The molecule has 0 radical (unpaired) electrons. The van der Waals surface area contributed by atoms with E-state index >= 15 is 0 Å².